The second-order valence-electron chi connectivity index (χ2n) is 5.26. The fourth-order valence-corrected chi connectivity index (χ4v) is 2.44. The van der Waals surface area contributed by atoms with E-state index >= 15 is 0 Å². The van der Waals surface area contributed by atoms with Crippen LogP contribution in [0.3, 0.4) is 0 Å². The van der Waals surface area contributed by atoms with Gasteiger partial charge in [0.2, 0.25) is 0 Å². The number of hydrogen-bond acceptors (Lipinski definition) is 4. The molecule has 1 aromatic heterocycles. The molecule has 2 aromatic carbocycles. The molecule has 0 aliphatic carbocycles. The highest BCUT2D eigenvalue weighted by Crippen LogP contribution is 2.15. The van der Waals surface area contributed by atoms with Crippen LogP contribution in [-0.2, 0) is 13.0 Å². The summed E-state index contributed by atoms with van der Waals surface area (Å²) in [5.41, 5.74) is 3.28. The summed E-state index contributed by atoms with van der Waals surface area (Å²) in [5, 5.41) is 20.2. The summed E-state index contributed by atoms with van der Waals surface area (Å²) in [7, 11) is 0. The molecule has 0 aliphatic rings. The van der Waals surface area contributed by atoms with Crippen molar-refractivity contribution in [2.45, 2.75) is 13.0 Å². The maximum Gasteiger partial charge on any atom is 0.119 e. The van der Waals surface area contributed by atoms with Gasteiger partial charge in [-0.1, -0.05) is 30.3 Å². The molecule has 3 aromatic rings. The zero-order valence-corrected chi connectivity index (χ0v) is 12.7. The monoisotopic (exact) mass is 306 g/mol. The molecular weight excluding hydrogens is 288 g/mol. The Balaban J connectivity index is 1.43. The van der Waals surface area contributed by atoms with Crippen molar-refractivity contribution in [3.05, 3.63) is 59.8 Å². The minimum atomic E-state index is 0.432. The molecule has 0 bridgehead atoms. The summed E-state index contributed by atoms with van der Waals surface area (Å²) in [6.45, 7) is 2.12. The molecule has 0 atom stereocenters. The molecule has 0 amide bonds. The van der Waals surface area contributed by atoms with E-state index < -0.39 is 0 Å². The van der Waals surface area contributed by atoms with Crippen molar-refractivity contribution in [2.24, 2.45) is 0 Å². The molecule has 0 saturated carbocycles. The second-order valence-corrected chi connectivity index (χ2v) is 5.26. The van der Waals surface area contributed by atoms with Crippen molar-refractivity contribution in [3.63, 3.8) is 0 Å². The molecule has 1 heterocycles. The van der Waals surface area contributed by atoms with Gasteiger partial charge in [0.25, 0.3) is 0 Å². The van der Waals surface area contributed by atoms with E-state index in [-0.39, 0.29) is 0 Å². The average molecular weight is 306 g/mol. The average Bonchev–Trinajstić information content (AvgIpc) is 3.06. The third-order valence-corrected chi connectivity index (χ3v) is 3.63. The van der Waals surface area contributed by atoms with Gasteiger partial charge in [-0.25, -0.2) is 0 Å². The quantitative estimate of drug-likeness (QED) is 0.658. The van der Waals surface area contributed by atoms with Crippen LogP contribution in [0.5, 0.6) is 5.75 Å². The number of fused-ring (bicyclic) bond motifs is 1. The number of aromatic amines is 1. The maximum atomic E-state index is 8.64. The Kier molecular flexibility index (Phi) is 4.87. The molecule has 23 heavy (non-hydrogen) atoms. The van der Waals surface area contributed by atoms with Crippen molar-refractivity contribution in [1.82, 2.24) is 15.5 Å². The number of rotatable bonds is 7. The fourth-order valence-electron chi connectivity index (χ4n) is 2.44. The third-order valence-electron chi connectivity index (χ3n) is 3.63. The molecule has 0 saturated heterocycles. The molecule has 0 aliphatic heterocycles. The first-order valence-corrected chi connectivity index (χ1v) is 7.57. The third kappa shape index (κ3) is 3.87. The van der Waals surface area contributed by atoms with E-state index in [1.54, 1.807) is 0 Å². The molecule has 5 heteroatoms. The predicted octanol–water partition coefficient (Wildman–Crippen LogP) is 2.80. The molecule has 0 fully saturated rings. The Morgan fingerprint density at radius 3 is 2.87 bits per heavy atom. The van der Waals surface area contributed by atoms with Gasteiger partial charge in [-0.3, -0.25) is 5.10 Å². The lowest BCUT2D eigenvalue weighted by atomic mass is 10.1. The van der Waals surface area contributed by atoms with E-state index in [1.807, 2.05) is 42.6 Å². The zero-order chi connectivity index (χ0) is 15.9. The summed E-state index contributed by atoms with van der Waals surface area (Å²) >= 11 is 0. The summed E-state index contributed by atoms with van der Waals surface area (Å²) in [5.74, 6) is 0.823. The molecule has 3 rings (SSSR count). The van der Waals surface area contributed by atoms with Crippen LogP contribution in [0.1, 0.15) is 11.1 Å². The van der Waals surface area contributed by atoms with E-state index in [9.17, 15) is 0 Å². The van der Waals surface area contributed by atoms with Crippen molar-refractivity contribution < 1.29 is 4.74 Å². The molecule has 0 radical (unpaired) electrons. The van der Waals surface area contributed by atoms with Gasteiger partial charge in [0.15, 0.2) is 0 Å². The Labute approximate surface area is 134 Å². The normalized spacial score (nSPS) is 10.6. The highest BCUT2D eigenvalue weighted by atomic mass is 16.5. The Morgan fingerprint density at radius 2 is 2.04 bits per heavy atom. The first-order valence-electron chi connectivity index (χ1n) is 7.57. The van der Waals surface area contributed by atoms with Crippen LogP contribution in [-0.4, -0.2) is 23.3 Å². The number of para-hydroxylation sites is 1. The standard InChI is InChI=1S/C18H18N4O/c19-9-8-14-4-6-17(7-5-14)23-11-10-20-12-15-2-1-3-16-13-21-22-18(15)16/h1-7,13,20H,8,10-12H2,(H,21,22). The number of ether oxygens (including phenoxy) is 1. The van der Waals surface area contributed by atoms with Gasteiger partial charge in [0, 0.05) is 18.5 Å². The van der Waals surface area contributed by atoms with Crippen molar-refractivity contribution >= 4 is 10.9 Å². The van der Waals surface area contributed by atoms with E-state index in [4.69, 9.17) is 10.00 Å². The highest BCUT2D eigenvalue weighted by molar-refractivity contribution is 5.81. The van der Waals surface area contributed by atoms with Crippen LogP contribution in [0.15, 0.2) is 48.7 Å². The molecule has 0 spiro atoms. The smallest absolute Gasteiger partial charge is 0.119 e. The molecule has 2 N–H and O–H groups in total. The van der Waals surface area contributed by atoms with Crippen LogP contribution < -0.4 is 10.1 Å². The van der Waals surface area contributed by atoms with E-state index in [0.717, 1.165) is 35.3 Å². The zero-order valence-electron chi connectivity index (χ0n) is 12.7. The van der Waals surface area contributed by atoms with Gasteiger partial charge in [-0.05, 0) is 23.3 Å². The van der Waals surface area contributed by atoms with Gasteiger partial charge in [-0.2, -0.15) is 10.4 Å². The lowest BCUT2D eigenvalue weighted by Crippen LogP contribution is -2.20. The minimum Gasteiger partial charge on any atom is -0.492 e. The lowest BCUT2D eigenvalue weighted by molar-refractivity contribution is 0.313. The Hall–Kier alpha value is -2.84. The van der Waals surface area contributed by atoms with Gasteiger partial charge >= 0.3 is 0 Å². The first kappa shape index (κ1) is 15.1. The summed E-state index contributed by atoms with van der Waals surface area (Å²) in [6.07, 6.45) is 2.26. The van der Waals surface area contributed by atoms with E-state index in [1.165, 1.54) is 5.56 Å². The SMILES string of the molecule is N#CCc1ccc(OCCNCc2cccc3cn[nH]c23)cc1. The Morgan fingerprint density at radius 1 is 1.17 bits per heavy atom. The molecule has 0 unspecified atom stereocenters. The number of H-pyrrole nitrogens is 1. The topological polar surface area (TPSA) is 73.7 Å². The van der Waals surface area contributed by atoms with E-state index in [2.05, 4.69) is 27.6 Å². The summed E-state index contributed by atoms with van der Waals surface area (Å²) in [4.78, 5) is 0. The molecule has 5 nitrogen and oxygen atoms in total. The Bertz CT molecular complexity index is 802. The predicted molar refractivity (Wildman–Crippen MR) is 89.1 cm³/mol. The largest absolute Gasteiger partial charge is 0.492 e. The fraction of sp³-hybridized carbons (Fsp3) is 0.222. The summed E-state index contributed by atoms with van der Waals surface area (Å²) < 4.78 is 5.68. The van der Waals surface area contributed by atoms with Crippen molar-refractivity contribution in [1.29, 1.82) is 5.26 Å². The van der Waals surface area contributed by atoms with Crippen LogP contribution in [0.4, 0.5) is 0 Å². The number of nitriles is 1. The minimum absolute atomic E-state index is 0.432. The van der Waals surface area contributed by atoms with Gasteiger partial charge in [0.1, 0.15) is 12.4 Å². The van der Waals surface area contributed by atoms with Crippen LogP contribution >= 0.6 is 0 Å². The van der Waals surface area contributed by atoms with Crippen molar-refractivity contribution in [3.8, 4) is 11.8 Å². The van der Waals surface area contributed by atoms with Crippen LogP contribution in [0.25, 0.3) is 10.9 Å². The van der Waals surface area contributed by atoms with E-state index in [0.29, 0.717) is 13.0 Å². The van der Waals surface area contributed by atoms with Crippen molar-refractivity contribution in [2.75, 3.05) is 13.2 Å². The lowest BCUT2D eigenvalue weighted by Gasteiger charge is -2.08. The summed E-state index contributed by atoms with van der Waals surface area (Å²) in [6, 6.07) is 15.9. The van der Waals surface area contributed by atoms with Crippen LogP contribution in [0, 0.1) is 11.3 Å². The first-order chi connectivity index (χ1) is 11.4. The second kappa shape index (κ2) is 7.43. The molecule has 116 valence electrons. The van der Waals surface area contributed by atoms with Crippen LogP contribution in [0.2, 0.25) is 0 Å². The van der Waals surface area contributed by atoms with Gasteiger partial charge < -0.3 is 10.1 Å². The van der Waals surface area contributed by atoms with Gasteiger partial charge in [0.05, 0.1) is 24.2 Å². The molecular formula is C18H18N4O. The number of hydrogen-bond donors (Lipinski definition) is 2. The number of aromatic nitrogens is 2. The highest BCUT2D eigenvalue weighted by Gasteiger charge is 2.02. The van der Waals surface area contributed by atoms with Gasteiger partial charge in [-0.15, -0.1) is 0 Å². The number of nitrogens with one attached hydrogen (secondary N) is 2. The number of benzene rings is 2. The number of nitrogens with zero attached hydrogens (tertiary/aromatic N) is 2. The maximum absolute atomic E-state index is 8.64.